The monoisotopic (exact) mass is 183 g/mol. The highest BCUT2D eigenvalue weighted by Gasteiger charge is 2.43. The van der Waals surface area contributed by atoms with Gasteiger partial charge in [0.2, 0.25) is 0 Å². The average Bonchev–Trinajstić information content (AvgIpc) is 2.46. The molecule has 0 aliphatic heterocycles. The smallest absolute Gasteiger partial charge is 0.00153 e. The molecular formula is C12H25N. The molecule has 13 heavy (non-hydrogen) atoms. The molecule has 3 unspecified atom stereocenters. The van der Waals surface area contributed by atoms with Crippen molar-refractivity contribution < 1.29 is 0 Å². The summed E-state index contributed by atoms with van der Waals surface area (Å²) in [7, 11) is 0. The normalized spacial score (nSPS) is 36.9. The molecule has 0 heterocycles. The van der Waals surface area contributed by atoms with Gasteiger partial charge in [-0.3, -0.25) is 0 Å². The van der Waals surface area contributed by atoms with E-state index in [4.69, 9.17) is 5.73 Å². The molecule has 2 N–H and O–H groups in total. The summed E-state index contributed by atoms with van der Waals surface area (Å²) in [6, 6.07) is 0. The lowest BCUT2D eigenvalue weighted by molar-refractivity contribution is 0.0953. The van der Waals surface area contributed by atoms with E-state index in [2.05, 4.69) is 27.7 Å². The molecule has 0 bridgehead atoms. The average molecular weight is 183 g/mol. The third kappa shape index (κ3) is 1.76. The first-order valence-corrected chi connectivity index (χ1v) is 5.74. The summed E-state index contributed by atoms with van der Waals surface area (Å²) < 4.78 is 0. The van der Waals surface area contributed by atoms with Crippen LogP contribution >= 0.6 is 0 Å². The van der Waals surface area contributed by atoms with Gasteiger partial charge in [-0.15, -0.1) is 0 Å². The van der Waals surface area contributed by atoms with E-state index in [1.165, 1.54) is 19.3 Å². The predicted molar refractivity (Wildman–Crippen MR) is 58.5 cm³/mol. The minimum Gasteiger partial charge on any atom is -0.330 e. The Hall–Kier alpha value is -0.0400. The molecule has 1 rings (SSSR count). The van der Waals surface area contributed by atoms with Crippen molar-refractivity contribution in [3.8, 4) is 0 Å². The molecule has 1 nitrogen and oxygen atoms in total. The largest absolute Gasteiger partial charge is 0.330 e. The molecule has 3 atom stereocenters. The van der Waals surface area contributed by atoms with Crippen LogP contribution in [-0.2, 0) is 0 Å². The summed E-state index contributed by atoms with van der Waals surface area (Å²) in [5.41, 5.74) is 6.45. The maximum absolute atomic E-state index is 6.00. The van der Waals surface area contributed by atoms with Gasteiger partial charge in [0, 0.05) is 0 Å². The van der Waals surface area contributed by atoms with Crippen LogP contribution in [-0.4, -0.2) is 6.54 Å². The fourth-order valence-corrected chi connectivity index (χ4v) is 3.10. The molecule has 0 saturated heterocycles. The van der Waals surface area contributed by atoms with Gasteiger partial charge in [0.1, 0.15) is 0 Å². The summed E-state index contributed by atoms with van der Waals surface area (Å²) in [4.78, 5) is 0. The molecule has 1 aliphatic rings. The highest BCUT2D eigenvalue weighted by atomic mass is 14.6. The SMILES string of the molecule is CC(C)C(C)C1(CN)CCCC1C. The molecule has 78 valence electrons. The molecule has 0 aromatic heterocycles. The summed E-state index contributed by atoms with van der Waals surface area (Å²) in [5.74, 6) is 2.37. The van der Waals surface area contributed by atoms with Gasteiger partial charge in [-0.05, 0) is 36.1 Å². The first-order chi connectivity index (χ1) is 6.04. The lowest BCUT2D eigenvalue weighted by Gasteiger charge is -2.41. The summed E-state index contributed by atoms with van der Waals surface area (Å²) >= 11 is 0. The Kier molecular flexibility index (Phi) is 3.39. The van der Waals surface area contributed by atoms with Gasteiger partial charge in [-0.25, -0.2) is 0 Å². The summed E-state index contributed by atoms with van der Waals surface area (Å²) in [6.45, 7) is 10.3. The number of rotatable bonds is 3. The van der Waals surface area contributed by atoms with Gasteiger partial charge >= 0.3 is 0 Å². The van der Waals surface area contributed by atoms with E-state index in [0.29, 0.717) is 5.41 Å². The van der Waals surface area contributed by atoms with Crippen molar-refractivity contribution in [2.75, 3.05) is 6.54 Å². The fraction of sp³-hybridized carbons (Fsp3) is 1.00. The molecule has 1 heteroatoms. The van der Waals surface area contributed by atoms with E-state index in [1.54, 1.807) is 0 Å². The summed E-state index contributed by atoms with van der Waals surface area (Å²) in [6.07, 6.45) is 4.12. The van der Waals surface area contributed by atoms with E-state index >= 15 is 0 Å². The first kappa shape index (κ1) is 11.0. The minimum atomic E-state index is 0.453. The van der Waals surface area contributed by atoms with Crippen molar-refractivity contribution in [3.05, 3.63) is 0 Å². The molecule has 0 aromatic carbocycles. The van der Waals surface area contributed by atoms with E-state index in [1.807, 2.05) is 0 Å². The molecule has 0 amide bonds. The maximum atomic E-state index is 6.00. The Bertz CT molecular complexity index is 165. The van der Waals surface area contributed by atoms with Crippen LogP contribution in [0.2, 0.25) is 0 Å². The van der Waals surface area contributed by atoms with Crippen molar-refractivity contribution >= 4 is 0 Å². The molecule has 0 radical (unpaired) electrons. The second-order valence-corrected chi connectivity index (χ2v) is 5.26. The minimum absolute atomic E-state index is 0.453. The molecule has 0 aromatic rings. The lowest BCUT2D eigenvalue weighted by atomic mass is 9.65. The molecular weight excluding hydrogens is 158 g/mol. The zero-order chi connectivity index (χ0) is 10.1. The quantitative estimate of drug-likeness (QED) is 0.715. The van der Waals surface area contributed by atoms with Crippen LogP contribution in [0, 0.1) is 23.2 Å². The molecule has 1 saturated carbocycles. The van der Waals surface area contributed by atoms with Crippen molar-refractivity contribution in [1.29, 1.82) is 0 Å². The predicted octanol–water partition coefficient (Wildman–Crippen LogP) is 3.04. The van der Waals surface area contributed by atoms with Crippen LogP contribution in [0.1, 0.15) is 47.0 Å². The third-order valence-electron chi connectivity index (χ3n) is 4.55. The molecule has 1 fully saturated rings. The van der Waals surface area contributed by atoms with E-state index in [-0.39, 0.29) is 0 Å². The Balaban J connectivity index is 2.79. The summed E-state index contributed by atoms with van der Waals surface area (Å²) in [5, 5.41) is 0. The Labute approximate surface area is 83.1 Å². The van der Waals surface area contributed by atoms with Crippen LogP contribution in [0.4, 0.5) is 0 Å². The van der Waals surface area contributed by atoms with Gasteiger partial charge in [0.15, 0.2) is 0 Å². The second kappa shape index (κ2) is 4.00. The standard InChI is InChI=1S/C12H25N/c1-9(2)11(4)12(8-13)7-5-6-10(12)3/h9-11H,5-8,13H2,1-4H3. The first-order valence-electron chi connectivity index (χ1n) is 5.74. The number of hydrogen-bond acceptors (Lipinski definition) is 1. The fourth-order valence-electron chi connectivity index (χ4n) is 3.10. The highest BCUT2D eigenvalue weighted by molar-refractivity contribution is 4.95. The molecule has 0 spiro atoms. The number of hydrogen-bond donors (Lipinski definition) is 1. The third-order valence-corrected chi connectivity index (χ3v) is 4.55. The van der Waals surface area contributed by atoms with Crippen molar-refractivity contribution in [2.45, 2.75) is 47.0 Å². The van der Waals surface area contributed by atoms with Crippen LogP contribution in [0.5, 0.6) is 0 Å². The van der Waals surface area contributed by atoms with Gasteiger partial charge < -0.3 is 5.73 Å². The van der Waals surface area contributed by atoms with Crippen LogP contribution in [0.15, 0.2) is 0 Å². The van der Waals surface area contributed by atoms with Gasteiger partial charge in [-0.1, -0.05) is 40.5 Å². The zero-order valence-electron chi connectivity index (χ0n) is 9.64. The van der Waals surface area contributed by atoms with Gasteiger partial charge in [-0.2, -0.15) is 0 Å². The Morgan fingerprint density at radius 1 is 1.38 bits per heavy atom. The maximum Gasteiger partial charge on any atom is -0.00153 e. The van der Waals surface area contributed by atoms with Crippen molar-refractivity contribution in [3.63, 3.8) is 0 Å². The van der Waals surface area contributed by atoms with Crippen molar-refractivity contribution in [1.82, 2.24) is 0 Å². The molecule has 1 aliphatic carbocycles. The van der Waals surface area contributed by atoms with Gasteiger partial charge in [0.25, 0.3) is 0 Å². The Morgan fingerprint density at radius 3 is 2.31 bits per heavy atom. The highest BCUT2D eigenvalue weighted by Crippen LogP contribution is 2.49. The zero-order valence-corrected chi connectivity index (χ0v) is 9.64. The Morgan fingerprint density at radius 2 is 2.00 bits per heavy atom. The van der Waals surface area contributed by atoms with Crippen LogP contribution in [0.3, 0.4) is 0 Å². The van der Waals surface area contributed by atoms with E-state index < -0.39 is 0 Å². The number of nitrogens with two attached hydrogens (primary N) is 1. The van der Waals surface area contributed by atoms with Crippen LogP contribution < -0.4 is 5.73 Å². The van der Waals surface area contributed by atoms with Gasteiger partial charge in [0.05, 0.1) is 0 Å². The second-order valence-electron chi connectivity index (χ2n) is 5.26. The lowest BCUT2D eigenvalue weighted by Crippen LogP contribution is -2.41. The van der Waals surface area contributed by atoms with Crippen molar-refractivity contribution in [2.24, 2.45) is 28.9 Å². The van der Waals surface area contributed by atoms with E-state index in [9.17, 15) is 0 Å². The van der Waals surface area contributed by atoms with E-state index in [0.717, 1.165) is 24.3 Å². The van der Waals surface area contributed by atoms with Crippen LogP contribution in [0.25, 0.3) is 0 Å². The topological polar surface area (TPSA) is 26.0 Å².